The van der Waals surface area contributed by atoms with Crippen molar-refractivity contribution >= 4 is 23.4 Å². The first-order chi connectivity index (χ1) is 11.4. The summed E-state index contributed by atoms with van der Waals surface area (Å²) in [5.74, 6) is -0.211. The number of rotatable bonds is 6. The molecule has 0 amide bonds. The number of ketones is 1. The van der Waals surface area contributed by atoms with Gasteiger partial charge in [-0.1, -0.05) is 23.7 Å². The lowest BCUT2D eigenvalue weighted by molar-refractivity contribution is 0.0587. The molecule has 24 heavy (non-hydrogen) atoms. The Hall–Kier alpha value is -2.27. The number of hydrogen-bond donors (Lipinski definition) is 0. The van der Waals surface area contributed by atoms with E-state index < -0.39 is 5.97 Å². The zero-order valence-corrected chi connectivity index (χ0v) is 14.9. The van der Waals surface area contributed by atoms with Crippen molar-refractivity contribution < 1.29 is 19.1 Å². The molecule has 2 rings (SSSR count). The number of benzene rings is 1. The number of carbonyl (C=O) groups excluding carboxylic acids is 2. The van der Waals surface area contributed by atoms with Crippen LogP contribution in [0.5, 0.6) is 5.75 Å². The van der Waals surface area contributed by atoms with Crippen LogP contribution in [0.15, 0.2) is 24.3 Å². The van der Waals surface area contributed by atoms with Crippen molar-refractivity contribution in [2.24, 2.45) is 0 Å². The first kappa shape index (κ1) is 18.1. The summed E-state index contributed by atoms with van der Waals surface area (Å²) < 4.78 is 12.1. The maximum atomic E-state index is 12.6. The molecule has 0 atom stereocenters. The summed E-state index contributed by atoms with van der Waals surface area (Å²) in [7, 11) is 1.33. The molecule has 0 aliphatic carbocycles. The van der Waals surface area contributed by atoms with Crippen LogP contribution in [0.4, 0.5) is 0 Å². The quantitative estimate of drug-likeness (QED) is 0.587. The SMILES string of the molecule is CCn1c(C)c(C(=O)COc2ccccc2Cl)c(C)c1C(=O)OC. The van der Waals surface area contributed by atoms with Crippen LogP contribution in [-0.4, -0.2) is 30.0 Å². The van der Waals surface area contributed by atoms with Gasteiger partial charge in [-0.05, 0) is 38.5 Å². The molecule has 0 aliphatic rings. The summed E-state index contributed by atoms with van der Waals surface area (Å²) in [6, 6.07) is 6.97. The van der Waals surface area contributed by atoms with E-state index in [2.05, 4.69) is 0 Å². The maximum absolute atomic E-state index is 12.6. The third-order valence-corrected chi connectivity index (χ3v) is 4.25. The molecular formula is C18H20ClNO4. The number of aromatic nitrogens is 1. The maximum Gasteiger partial charge on any atom is 0.354 e. The molecular weight excluding hydrogens is 330 g/mol. The van der Waals surface area contributed by atoms with E-state index in [9.17, 15) is 9.59 Å². The number of halogens is 1. The molecule has 0 unspecified atom stereocenters. The Bertz CT molecular complexity index is 780. The molecule has 0 radical (unpaired) electrons. The van der Waals surface area contributed by atoms with Gasteiger partial charge in [0.2, 0.25) is 5.78 Å². The Morgan fingerprint density at radius 3 is 2.46 bits per heavy atom. The largest absolute Gasteiger partial charge is 0.484 e. The number of nitrogens with zero attached hydrogens (tertiary/aromatic N) is 1. The van der Waals surface area contributed by atoms with E-state index in [-0.39, 0.29) is 12.4 Å². The van der Waals surface area contributed by atoms with Crippen LogP contribution in [0.3, 0.4) is 0 Å². The Kier molecular flexibility index (Phi) is 5.67. The standard InChI is InChI=1S/C18H20ClNO4/c1-5-20-12(3)16(11(2)17(20)18(22)23-4)14(21)10-24-15-9-7-6-8-13(15)19/h6-9H,5,10H2,1-4H3. The molecule has 1 aromatic carbocycles. The third kappa shape index (κ3) is 3.31. The van der Waals surface area contributed by atoms with Gasteiger partial charge in [-0.2, -0.15) is 0 Å². The molecule has 5 nitrogen and oxygen atoms in total. The van der Waals surface area contributed by atoms with E-state index in [1.165, 1.54) is 7.11 Å². The van der Waals surface area contributed by atoms with Gasteiger partial charge in [-0.25, -0.2) is 4.79 Å². The first-order valence-corrected chi connectivity index (χ1v) is 7.98. The highest BCUT2D eigenvalue weighted by Crippen LogP contribution is 2.26. The summed E-state index contributed by atoms with van der Waals surface area (Å²) in [5, 5.41) is 0.445. The molecule has 2 aromatic rings. The number of hydrogen-bond acceptors (Lipinski definition) is 4. The van der Waals surface area contributed by atoms with Gasteiger partial charge in [0.25, 0.3) is 0 Å². The normalized spacial score (nSPS) is 10.5. The van der Waals surface area contributed by atoms with Crippen LogP contribution >= 0.6 is 11.6 Å². The van der Waals surface area contributed by atoms with Gasteiger partial charge in [0.1, 0.15) is 11.4 Å². The first-order valence-electron chi connectivity index (χ1n) is 7.60. The predicted molar refractivity (Wildman–Crippen MR) is 92.2 cm³/mol. The van der Waals surface area contributed by atoms with Crippen LogP contribution in [0.1, 0.15) is 39.0 Å². The van der Waals surface area contributed by atoms with Crippen LogP contribution < -0.4 is 4.74 Å². The number of Topliss-reactive ketones (excluding diaryl/α,β-unsaturated/α-hetero) is 1. The number of esters is 1. The molecule has 0 saturated carbocycles. The van der Waals surface area contributed by atoms with Gasteiger partial charge < -0.3 is 14.0 Å². The van der Waals surface area contributed by atoms with Gasteiger partial charge in [0.15, 0.2) is 6.61 Å². The Labute approximate surface area is 146 Å². The summed E-state index contributed by atoms with van der Waals surface area (Å²) in [6.45, 7) is 5.88. The second-order valence-electron chi connectivity index (χ2n) is 5.31. The molecule has 0 aliphatic heterocycles. The van der Waals surface area contributed by atoms with Gasteiger partial charge in [-0.3, -0.25) is 4.79 Å². The summed E-state index contributed by atoms with van der Waals surface area (Å²) in [5.41, 5.74) is 2.22. The lowest BCUT2D eigenvalue weighted by atomic mass is 10.1. The van der Waals surface area contributed by atoms with E-state index >= 15 is 0 Å². The number of ether oxygens (including phenoxy) is 2. The zero-order valence-electron chi connectivity index (χ0n) is 14.2. The van der Waals surface area contributed by atoms with Crippen molar-refractivity contribution in [3.63, 3.8) is 0 Å². The van der Waals surface area contributed by atoms with E-state index in [1.54, 1.807) is 35.8 Å². The van der Waals surface area contributed by atoms with Crippen LogP contribution in [-0.2, 0) is 11.3 Å². The number of para-hydroxylation sites is 1. The number of methoxy groups -OCH3 is 1. The molecule has 6 heteroatoms. The zero-order chi connectivity index (χ0) is 17.9. The highest BCUT2D eigenvalue weighted by molar-refractivity contribution is 6.32. The van der Waals surface area contributed by atoms with E-state index in [4.69, 9.17) is 21.1 Å². The van der Waals surface area contributed by atoms with Crippen molar-refractivity contribution in [3.8, 4) is 5.75 Å². The molecule has 128 valence electrons. The van der Waals surface area contributed by atoms with Gasteiger partial charge in [0, 0.05) is 17.8 Å². The molecule has 1 heterocycles. The van der Waals surface area contributed by atoms with Crippen LogP contribution in [0, 0.1) is 13.8 Å². The minimum Gasteiger partial charge on any atom is -0.484 e. The topological polar surface area (TPSA) is 57.5 Å². The average molecular weight is 350 g/mol. The van der Waals surface area contributed by atoms with E-state index in [0.717, 1.165) is 5.69 Å². The average Bonchev–Trinajstić information content (AvgIpc) is 2.83. The van der Waals surface area contributed by atoms with Crippen LogP contribution in [0.25, 0.3) is 0 Å². The van der Waals surface area contributed by atoms with E-state index in [1.807, 2.05) is 13.8 Å². The Morgan fingerprint density at radius 1 is 1.21 bits per heavy atom. The fourth-order valence-corrected chi connectivity index (χ4v) is 3.03. The molecule has 0 spiro atoms. The second kappa shape index (κ2) is 7.53. The number of carbonyl (C=O) groups is 2. The van der Waals surface area contributed by atoms with Crippen molar-refractivity contribution in [2.75, 3.05) is 13.7 Å². The smallest absolute Gasteiger partial charge is 0.354 e. The summed E-state index contributed by atoms with van der Waals surface area (Å²) in [4.78, 5) is 24.7. The molecule has 0 fully saturated rings. The van der Waals surface area contributed by atoms with Gasteiger partial charge >= 0.3 is 5.97 Å². The van der Waals surface area contributed by atoms with Crippen molar-refractivity contribution in [1.29, 1.82) is 0 Å². The monoisotopic (exact) mass is 349 g/mol. The van der Waals surface area contributed by atoms with Crippen molar-refractivity contribution in [2.45, 2.75) is 27.3 Å². The third-order valence-electron chi connectivity index (χ3n) is 3.94. The second-order valence-corrected chi connectivity index (χ2v) is 5.72. The fraction of sp³-hybridized carbons (Fsp3) is 0.333. The predicted octanol–water partition coefficient (Wildman–Crippen LogP) is 3.83. The summed E-state index contributed by atoms with van der Waals surface area (Å²) >= 11 is 6.03. The van der Waals surface area contributed by atoms with E-state index in [0.29, 0.717) is 34.1 Å². The van der Waals surface area contributed by atoms with Gasteiger partial charge in [0.05, 0.1) is 12.1 Å². The molecule has 0 N–H and O–H groups in total. The Balaban J connectivity index is 2.31. The van der Waals surface area contributed by atoms with Crippen molar-refractivity contribution in [3.05, 3.63) is 51.8 Å². The Morgan fingerprint density at radius 2 is 1.88 bits per heavy atom. The summed E-state index contributed by atoms with van der Waals surface area (Å²) in [6.07, 6.45) is 0. The fourth-order valence-electron chi connectivity index (χ4n) is 2.84. The van der Waals surface area contributed by atoms with Crippen molar-refractivity contribution in [1.82, 2.24) is 4.57 Å². The minimum absolute atomic E-state index is 0.153. The lowest BCUT2D eigenvalue weighted by Crippen LogP contribution is -2.14. The molecule has 0 saturated heterocycles. The highest BCUT2D eigenvalue weighted by Gasteiger charge is 2.26. The molecule has 1 aromatic heterocycles. The van der Waals surface area contributed by atoms with Crippen LogP contribution in [0.2, 0.25) is 5.02 Å². The highest BCUT2D eigenvalue weighted by atomic mass is 35.5. The lowest BCUT2D eigenvalue weighted by Gasteiger charge is -2.08. The van der Waals surface area contributed by atoms with Gasteiger partial charge in [-0.15, -0.1) is 0 Å². The minimum atomic E-state index is -0.455. The molecule has 0 bridgehead atoms.